The molecular formula is C7H12O7S2. The molecule has 0 spiro atoms. The summed E-state index contributed by atoms with van der Waals surface area (Å²) < 4.78 is 57.8. The van der Waals surface area contributed by atoms with Gasteiger partial charge in [0.1, 0.15) is 0 Å². The molecule has 0 aliphatic carbocycles. The van der Waals surface area contributed by atoms with Crippen molar-refractivity contribution in [3.8, 4) is 0 Å². The Morgan fingerprint density at radius 2 is 1.69 bits per heavy atom. The van der Waals surface area contributed by atoms with Crippen LogP contribution >= 0.6 is 0 Å². The van der Waals surface area contributed by atoms with Crippen LogP contribution in [0.2, 0.25) is 0 Å². The first kappa shape index (κ1) is 12.2. The Morgan fingerprint density at radius 3 is 2.25 bits per heavy atom. The van der Waals surface area contributed by atoms with Gasteiger partial charge >= 0.3 is 10.4 Å². The summed E-state index contributed by atoms with van der Waals surface area (Å²) in [4.78, 5) is 0. The van der Waals surface area contributed by atoms with Gasteiger partial charge in [-0.1, -0.05) is 0 Å². The lowest BCUT2D eigenvalue weighted by molar-refractivity contribution is 0.0602. The van der Waals surface area contributed by atoms with Gasteiger partial charge in [0.05, 0.1) is 24.6 Å². The molecular weight excluding hydrogens is 260 g/mol. The molecule has 0 aromatic rings. The van der Waals surface area contributed by atoms with Crippen molar-refractivity contribution < 1.29 is 29.4 Å². The zero-order valence-corrected chi connectivity index (χ0v) is 10.00. The van der Waals surface area contributed by atoms with Crippen molar-refractivity contribution in [2.75, 3.05) is 12.4 Å². The molecule has 2 heterocycles. The summed E-state index contributed by atoms with van der Waals surface area (Å²) in [6.45, 7) is 0.0620. The summed E-state index contributed by atoms with van der Waals surface area (Å²) in [5, 5.41) is 0. The van der Waals surface area contributed by atoms with Crippen molar-refractivity contribution in [3.05, 3.63) is 0 Å². The topological polar surface area (TPSA) is 96.0 Å². The highest BCUT2D eigenvalue weighted by Gasteiger charge is 2.34. The van der Waals surface area contributed by atoms with Crippen LogP contribution in [0.1, 0.15) is 19.3 Å². The minimum atomic E-state index is -3.91. The maximum absolute atomic E-state index is 11.0. The van der Waals surface area contributed by atoms with E-state index in [1.807, 2.05) is 0 Å². The average molecular weight is 272 g/mol. The lowest BCUT2D eigenvalue weighted by Gasteiger charge is -2.23. The van der Waals surface area contributed by atoms with Crippen molar-refractivity contribution in [3.63, 3.8) is 0 Å². The zero-order valence-electron chi connectivity index (χ0n) is 8.36. The molecule has 2 aliphatic rings. The van der Waals surface area contributed by atoms with Gasteiger partial charge in [0.2, 0.25) is 0 Å². The Hall–Kier alpha value is -0.220. The normalized spacial score (nSPS) is 37.2. The first-order chi connectivity index (χ1) is 7.36. The van der Waals surface area contributed by atoms with Gasteiger partial charge in [-0.05, 0) is 6.42 Å². The molecule has 2 aliphatic heterocycles. The number of hydrogen-bond donors (Lipinski definition) is 0. The number of rotatable bonds is 2. The van der Waals surface area contributed by atoms with E-state index < -0.39 is 32.7 Å². The average Bonchev–Trinajstić information content (AvgIpc) is 2.43. The molecule has 0 saturated carbocycles. The fourth-order valence-corrected chi connectivity index (χ4v) is 3.81. The summed E-state index contributed by atoms with van der Waals surface area (Å²) in [5.41, 5.74) is 0. The SMILES string of the molecule is O=S1(=O)CCC(CC2CCOS(=O)(=O)O2)O1. The smallest absolute Gasteiger partial charge is 0.267 e. The Balaban J connectivity index is 1.91. The molecule has 7 nitrogen and oxygen atoms in total. The van der Waals surface area contributed by atoms with Crippen LogP contribution in [0, 0.1) is 0 Å². The second-order valence-electron chi connectivity index (χ2n) is 3.74. The van der Waals surface area contributed by atoms with Gasteiger partial charge in [-0.3, -0.25) is 4.18 Å². The van der Waals surface area contributed by atoms with Crippen LogP contribution in [-0.4, -0.2) is 41.4 Å². The van der Waals surface area contributed by atoms with Crippen molar-refractivity contribution >= 4 is 20.5 Å². The van der Waals surface area contributed by atoms with E-state index in [9.17, 15) is 16.8 Å². The van der Waals surface area contributed by atoms with Crippen LogP contribution in [0.15, 0.2) is 0 Å². The van der Waals surface area contributed by atoms with Gasteiger partial charge in [0.15, 0.2) is 0 Å². The van der Waals surface area contributed by atoms with Gasteiger partial charge in [-0.2, -0.15) is 16.8 Å². The highest BCUT2D eigenvalue weighted by Crippen LogP contribution is 2.25. The molecule has 2 saturated heterocycles. The maximum Gasteiger partial charge on any atom is 0.400 e. The molecule has 0 aromatic heterocycles. The van der Waals surface area contributed by atoms with Gasteiger partial charge in [-0.25, -0.2) is 8.37 Å². The molecule has 2 fully saturated rings. The highest BCUT2D eigenvalue weighted by atomic mass is 32.3. The predicted molar refractivity (Wildman–Crippen MR) is 52.3 cm³/mol. The second-order valence-corrected chi connectivity index (χ2v) is 6.70. The monoisotopic (exact) mass is 272 g/mol. The van der Waals surface area contributed by atoms with E-state index in [0.29, 0.717) is 12.8 Å². The third-order valence-corrected chi connectivity index (χ3v) is 4.68. The van der Waals surface area contributed by atoms with E-state index in [4.69, 9.17) is 4.18 Å². The summed E-state index contributed by atoms with van der Waals surface area (Å²) in [6, 6.07) is 0. The first-order valence-corrected chi connectivity index (χ1v) is 7.76. The summed E-state index contributed by atoms with van der Waals surface area (Å²) in [6.07, 6.45) is 0.00435. The van der Waals surface area contributed by atoms with Crippen molar-refractivity contribution in [1.82, 2.24) is 0 Å². The third kappa shape index (κ3) is 3.14. The van der Waals surface area contributed by atoms with Gasteiger partial charge in [0, 0.05) is 12.8 Å². The van der Waals surface area contributed by atoms with Crippen molar-refractivity contribution in [2.45, 2.75) is 31.5 Å². The fourth-order valence-electron chi connectivity index (χ4n) is 1.71. The fraction of sp³-hybridized carbons (Fsp3) is 1.00. The summed E-state index contributed by atoms with van der Waals surface area (Å²) in [7, 11) is -7.32. The van der Waals surface area contributed by atoms with E-state index in [2.05, 4.69) is 8.37 Å². The molecule has 2 unspecified atom stereocenters. The van der Waals surface area contributed by atoms with E-state index in [0.717, 1.165) is 0 Å². The molecule has 0 aromatic carbocycles. The standard InChI is InChI=1S/C7H12O7S2/c8-15(9)4-2-7(13-15)5-6-1-3-12-16(10,11)14-6/h6-7H,1-5H2. The molecule has 0 N–H and O–H groups in total. The van der Waals surface area contributed by atoms with Crippen LogP contribution < -0.4 is 0 Å². The Bertz CT molecular complexity index is 451. The molecule has 94 valence electrons. The highest BCUT2D eigenvalue weighted by molar-refractivity contribution is 7.86. The second kappa shape index (κ2) is 4.22. The predicted octanol–water partition coefficient (Wildman–Crippen LogP) is -0.454. The van der Waals surface area contributed by atoms with Crippen molar-refractivity contribution in [2.24, 2.45) is 0 Å². The summed E-state index contributed by atoms with van der Waals surface area (Å²) >= 11 is 0. The lowest BCUT2D eigenvalue weighted by Crippen LogP contribution is -2.31. The Kier molecular flexibility index (Phi) is 3.23. The van der Waals surface area contributed by atoms with Crippen molar-refractivity contribution in [1.29, 1.82) is 0 Å². The molecule has 2 atom stereocenters. The minimum Gasteiger partial charge on any atom is -0.267 e. The number of hydrogen-bond acceptors (Lipinski definition) is 7. The molecule has 9 heteroatoms. The van der Waals surface area contributed by atoms with Gasteiger partial charge in [0.25, 0.3) is 10.1 Å². The molecule has 0 radical (unpaired) electrons. The van der Waals surface area contributed by atoms with E-state index >= 15 is 0 Å². The lowest BCUT2D eigenvalue weighted by atomic mass is 10.1. The Morgan fingerprint density at radius 1 is 1.00 bits per heavy atom. The van der Waals surface area contributed by atoms with E-state index in [1.54, 1.807) is 0 Å². The van der Waals surface area contributed by atoms with Gasteiger partial charge < -0.3 is 0 Å². The minimum absolute atomic E-state index is 0.0202. The van der Waals surface area contributed by atoms with Crippen LogP contribution in [-0.2, 0) is 33.1 Å². The van der Waals surface area contributed by atoms with Crippen LogP contribution in [0.3, 0.4) is 0 Å². The maximum atomic E-state index is 11.0. The van der Waals surface area contributed by atoms with Crippen LogP contribution in [0.4, 0.5) is 0 Å². The molecule has 0 bridgehead atoms. The van der Waals surface area contributed by atoms with Crippen LogP contribution in [0.25, 0.3) is 0 Å². The molecule has 2 rings (SSSR count). The third-order valence-electron chi connectivity index (χ3n) is 2.42. The van der Waals surface area contributed by atoms with Crippen LogP contribution in [0.5, 0.6) is 0 Å². The molecule has 0 amide bonds. The summed E-state index contributed by atoms with van der Waals surface area (Å²) in [5.74, 6) is -0.0202. The molecule has 16 heavy (non-hydrogen) atoms. The Labute approximate surface area is 94.1 Å². The van der Waals surface area contributed by atoms with E-state index in [1.165, 1.54) is 0 Å². The van der Waals surface area contributed by atoms with E-state index in [-0.39, 0.29) is 18.8 Å². The largest absolute Gasteiger partial charge is 0.400 e. The van der Waals surface area contributed by atoms with Gasteiger partial charge in [-0.15, -0.1) is 0 Å². The first-order valence-electron chi connectivity index (χ1n) is 4.85. The quantitative estimate of drug-likeness (QED) is 0.628. The zero-order chi connectivity index (χ0) is 11.8.